The molecule has 15 heavy (non-hydrogen) atoms. The number of thiazole rings is 1. The maximum Gasteiger partial charge on any atom is 0.166 e. The van der Waals surface area contributed by atoms with Crippen molar-refractivity contribution in [1.82, 2.24) is 20.3 Å². The van der Waals surface area contributed by atoms with Crippen LogP contribution in [0.4, 0.5) is 0 Å². The minimum Gasteiger partial charge on any atom is -0.343 e. The average molecular weight is 220 g/mol. The van der Waals surface area contributed by atoms with E-state index in [1.54, 1.807) is 17.5 Å². The van der Waals surface area contributed by atoms with Gasteiger partial charge in [-0.2, -0.15) is 0 Å². The molecule has 0 unspecified atom stereocenters. The second kappa shape index (κ2) is 3.75. The van der Waals surface area contributed by atoms with Crippen LogP contribution in [0.3, 0.4) is 0 Å². The first-order valence-electron chi connectivity index (χ1n) is 5.12. The molecule has 5 heteroatoms. The molecule has 3 heterocycles. The Kier molecular flexibility index (Phi) is 2.26. The van der Waals surface area contributed by atoms with Crippen LogP contribution in [0.25, 0.3) is 10.8 Å². The number of nitrogens with zero attached hydrogens (tertiary/aromatic N) is 2. The quantitative estimate of drug-likeness (QED) is 0.813. The van der Waals surface area contributed by atoms with Crippen molar-refractivity contribution in [2.75, 3.05) is 6.54 Å². The summed E-state index contributed by atoms with van der Waals surface area (Å²) < 4.78 is 0. The van der Waals surface area contributed by atoms with E-state index in [0.29, 0.717) is 6.04 Å². The number of aromatic nitrogens is 3. The van der Waals surface area contributed by atoms with E-state index in [4.69, 9.17) is 0 Å². The molecule has 2 aromatic rings. The van der Waals surface area contributed by atoms with Crippen molar-refractivity contribution < 1.29 is 0 Å². The van der Waals surface area contributed by atoms with Crippen molar-refractivity contribution in [1.29, 1.82) is 0 Å². The van der Waals surface area contributed by atoms with Gasteiger partial charge in [0.1, 0.15) is 0 Å². The summed E-state index contributed by atoms with van der Waals surface area (Å²) in [5.74, 6) is 0.865. The van der Waals surface area contributed by atoms with Gasteiger partial charge in [-0.15, -0.1) is 11.3 Å². The third-order valence-electron chi connectivity index (χ3n) is 2.64. The zero-order valence-corrected chi connectivity index (χ0v) is 9.05. The van der Waals surface area contributed by atoms with Gasteiger partial charge < -0.3 is 10.3 Å². The number of hydrogen-bond acceptors (Lipinski definition) is 4. The summed E-state index contributed by atoms with van der Waals surface area (Å²) in [7, 11) is 0. The minimum absolute atomic E-state index is 0.449. The number of rotatable bonds is 2. The van der Waals surface area contributed by atoms with E-state index in [9.17, 15) is 0 Å². The van der Waals surface area contributed by atoms with Gasteiger partial charge in [0, 0.05) is 17.8 Å². The van der Waals surface area contributed by atoms with Crippen molar-refractivity contribution in [3.8, 4) is 10.8 Å². The standard InChI is InChI=1S/C10H12N4S/c1-2-7(11-3-1)8-6-15-10(14-8)9-12-4-5-13-9/h4-7,11H,1-3H2,(H,12,13)/t7-/m0/s1. The summed E-state index contributed by atoms with van der Waals surface area (Å²) in [5, 5.41) is 6.55. The molecule has 3 rings (SSSR count). The van der Waals surface area contributed by atoms with Gasteiger partial charge in [0.15, 0.2) is 10.8 Å². The highest BCUT2D eigenvalue weighted by Crippen LogP contribution is 2.27. The molecule has 4 nitrogen and oxygen atoms in total. The van der Waals surface area contributed by atoms with E-state index in [-0.39, 0.29) is 0 Å². The lowest BCUT2D eigenvalue weighted by Gasteiger charge is -2.04. The van der Waals surface area contributed by atoms with Crippen molar-refractivity contribution in [3.63, 3.8) is 0 Å². The lowest BCUT2D eigenvalue weighted by atomic mass is 10.2. The van der Waals surface area contributed by atoms with Gasteiger partial charge in [-0.25, -0.2) is 9.97 Å². The number of aromatic amines is 1. The van der Waals surface area contributed by atoms with Gasteiger partial charge in [0.2, 0.25) is 0 Å². The smallest absolute Gasteiger partial charge is 0.166 e. The van der Waals surface area contributed by atoms with Crippen LogP contribution in [0, 0.1) is 0 Å². The van der Waals surface area contributed by atoms with Crippen LogP contribution in [-0.2, 0) is 0 Å². The van der Waals surface area contributed by atoms with E-state index in [1.165, 1.54) is 12.8 Å². The number of H-pyrrole nitrogens is 1. The van der Waals surface area contributed by atoms with E-state index in [1.807, 2.05) is 6.20 Å². The fourth-order valence-electron chi connectivity index (χ4n) is 1.87. The minimum atomic E-state index is 0.449. The SMILES string of the molecule is c1c[nH]c(-c2nc([C@@H]3CCCN3)cs2)n1. The first kappa shape index (κ1) is 9.06. The molecule has 0 spiro atoms. The normalized spacial score (nSPS) is 20.9. The first-order valence-corrected chi connectivity index (χ1v) is 6.00. The van der Waals surface area contributed by atoms with Crippen LogP contribution in [0.1, 0.15) is 24.6 Å². The fourth-order valence-corrected chi connectivity index (χ4v) is 2.70. The van der Waals surface area contributed by atoms with Gasteiger partial charge >= 0.3 is 0 Å². The predicted molar refractivity (Wildman–Crippen MR) is 59.7 cm³/mol. The van der Waals surface area contributed by atoms with Gasteiger partial charge in [-0.05, 0) is 19.4 Å². The predicted octanol–water partition coefficient (Wildman–Crippen LogP) is 1.96. The van der Waals surface area contributed by atoms with Crippen molar-refractivity contribution >= 4 is 11.3 Å². The van der Waals surface area contributed by atoms with E-state index < -0.39 is 0 Å². The van der Waals surface area contributed by atoms with Crippen molar-refractivity contribution in [2.24, 2.45) is 0 Å². The maximum absolute atomic E-state index is 4.60. The molecule has 78 valence electrons. The monoisotopic (exact) mass is 220 g/mol. The molecule has 0 aliphatic carbocycles. The molecule has 2 aromatic heterocycles. The second-order valence-corrected chi connectivity index (χ2v) is 4.52. The number of imidazole rings is 1. The summed E-state index contributed by atoms with van der Waals surface area (Å²) in [6, 6.07) is 0.449. The summed E-state index contributed by atoms with van der Waals surface area (Å²) >= 11 is 1.65. The lowest BCUT2D eigenvalue weighted by Crippen LogP contribution is -2.12. The zero-order valence-electron chi connectivity index (χ0n) is 8.23. The van der Waals surface area contributed by atoms with Gasteiger partial charge in [-0.3, -0.25) is 0 Å². The van der Waals surface area contributed by atoms with Crippen LogP contribution in [-0.4, -0.2) is 21.5 Å². The van der Waals surface area contributed by atoms with Crippen LogP contribution in [0.2, 0.25) is 0 Å². The van der Waals surface area contributed by atoms with Crippen LogP contribution < -0.4 is 5.32 Å². The molecule has 1 aliphatic heterocycles. The largest absolute Gasteiger partial charge is 0.343 e. The first-order chi connectivity index (χ1) is 7.43. The number of nitrogens with one attached hydrogen (secondary N) is 2. The van der Waals surface area contributed by atoms with Crippen LogP contribution in [0.15, 0.2) is 17.8 Å². The Bertz CT molecular complexity index is 428. The highest BCUT2D eigenvalue weighted by molar-refractivity contribution is 7.13. The molecule has 1 aliphatic rings. The summed E-state index contributed by atoms with van der Waals surface area (Å²) in [5.41, 5.74) is 1.16. The Hall–Kier alpha value is -1.20. The third-order valence-corrected chi connectivity index (χ3v) is 3.51. The summed E-state index contributed by atoms with van der Waals surface area (Å²) in [6.07, 6.45) is 6.02. The molecule has 0 bridgehead atoms. The second-order valence-electron chi connectivity index (χ2n) is 3.66. The Balaban J connectivity index is 1.87. The molecule has 1 atom stereocenters. The third kappa shape index (κ3) is 1.68. The average Bonchev–Trinajstić information content (AvgIpc) is 3.02. The lowest BCUT2D eigenvalue weighted by molar-refractivity contribution is 0.632. The molecular formula is C10H12N4S. The zero-order chi connectivity index (χ0) is 10.1. The fraction of sp³-hybridized carbons (Fsp3) is 0.400. The molecule has 0 aromatic carbocycles. The maximum atomic E-state index is 4.60. The molecule has 2 N–H and O–H groups in total. The Morgan fingerprint density at radius 2 is 2.47 bits per heavy atom. The topological polar surface area (TPSA) is 53.6 Å². The Labute approximate surface area is 91.8 Å². The molecule has 0 amide bonds. The molecule has 1 fully saturated rings. The Morgan fingerprint density at radius 3 is 3.20 bits per heavy atom. The highest BCUT2D eigenvalue weighted by Gasteiger charge is 2.19. The van der Waals surface area contributed by atoms with Gasteiger partial charge in [0.25, 0.3) is 0 Å². The Morgan fingerprint density at radius 1 is 1.47 bits per heavy atom. The molecule has 0 radical (unpaired) electrons. The van der Waals surface area contributed by atoms with E-state index in [0.717, 1.165) is 23.1 Å². The molecular weight excluding hydrogens is 208 g/mol. The van der Waals surface area contributed by atoms with Gasteiger partial charge in [0.05, 0.1) is 11.7 Å². The summed E-state index contributed by atoms with van der Waals surface area (Å²) in [4.78, 5) is 11.9. The van der Waals surface area contributed by atoms with Gasteiger partial charge in [-0.1, -0.05) is 0 Å². The molecule has 0 saturated carbocycles. The van der Waals surface area contributed by atoms with Crippen molar-refractivity contribution in [3.05, 3.63) is 23.5 Å². The van der Waals surface area contributed by atoms with E-state index in [2.05, 4.69) is 25.6 Å². The van der Waals surface area contributed by atoms with Crippen LogP contribution in [0.5, 0.6) is 0 Å². The highest BCUT2D eigenvalue weighted by atomic mass is 32.1. The van der Waals surface area contributed by atoms with E-state index >= 15 is 0 Å². The molecule has 1 saturated heterocycles. The van der Waals surface area contributed by atoms with Crippen LogP contribution >= 0.6 is 11.3 Å². The summed E-state index contributed by atoms with van der Waals surface area (Å²) in [6.45, 7) is 1.11. The van der Waals surface area contributed by atoms with Crippen molar-refractivity contribution in [2.45, 2.75) is 18.9 Å². The number of hydrogen-bond donors (Lipinski definition) is 2.